The summed E-state index contributed by atoms with van der Waals surface area (Å²) in [6, 6.07) is 1.95. The third kappa shape index (κ3) is 7.25. The Balaban J connectivity index is 0.00000400. The second-order valence-corrected chi connectivity index (χ2v) is 7.78. The van der Waals surface area contributed by atoms with E-state index in [-0.39, 0.29) is 28.7 Å². The second kappa shape index (κ2) is 9.39. The van der Waals surface area contributed by atoms with E-state index in [0.29, 0.717) is 24.8 Å². The molecule has 0 bridgehead atoms. The van der Waals surface area contributed by atoms with Gasteiger partial charge in [0.25, 0.3) is 0 Å². The summed E-state index contributed by atoms with van der Waals surface area (Å²) in [5.74, 6) is 1.31. The molecule has 6 nitrogen and oxygen atoms in total. The first-order valence-corrected chi connectivity index (χ1v) is 7.96. The lowest BCUT2D eigenvalue weighted by atomic mass is 10.3. The summed E-state index contributed by atoms with van der Waals surface area (Å²) in [5, 5.41) is 10.5. The van der Waals surface area contributed by atoms with Crippen LogP contribution in [0.1, 0.15) is 26.5 Å². The highest BCUT2D eigenvalue weighted by molar-refractivity contribution is 14.0. The largest absolute Gasteiger partial charge is 0.355 e. The van der Waals surface area contributed by atoms with E-state index < -0.39 is 10.8 Å². The van der Waals surface area contributed by atoms with Crippen molar-refractivity contribution >= 4 is 40.7 Å². The van der Waals surface area contributed by atoms with E-state index in [1.165, 1.54) is 0 Å². The fourth-order valence-electron chi connectivity index (χ4n) is 1.54. The molecule has 0 fully saturated rings. The van der Waals surface area contributed by atoms with Gasteiger partial charge in [-0.3, -0.25) is 13.9 Å². The van der Waals surface area contributed by atoms with Crippen molar-refractivity contribution in [1.82, 2.24) is 20.4 Å². The number of rotatable bonds is 5. The third-order valence-corrected chi connectivity index (χ3v) is 4.79. The number of hydrogen-bond donors (Lipinski definition) is 2. The molecule has 1 aromatic rings. The molecule has 2 N–H and O–H groups in total. The van der Waals surface area contributed by atoms with Gasteiger partial charge in [0.1, 0.15) is 0 Å². The molecule has 122 valence electrons. The molecule has 0 radical (unpaired) electrons. The Hall–Kier alpha value is -0.640. The molecule has 0 saturated carbocycles. The fraction of sp³-hybridized carbons (Fsp3) is 0.692. The van der Waals surface area contributed by atoms with Crippen molar-refractivity contribution in [3.8, 4) is 0 Å². The highest BCUT2D eigenvalue weighted by atomic mass is 127. The van der Waals surface area contributed by atoms with Gasteiger partial charge in [-0.1, -0.05) is 0 Å². The lowest BCUT2D eigenvalue weighted by Crippen LogP contribution is -2.40. The van der Waals surface area contributed by atoms with Gasteiger partial charge in [0.15, 0.2) is 5.96 Å². The molecule has 0 aliphatic heterocycles. The van der Waals surface area contributed by atoms with Crippen LogP contribution in [0.15, 0.2) is 17.3 Å². The second-order valence-electron chi connectivity index (χ2n) is 5.46. The number of aliphatic imine (C=N–C) groups is 1. The molecule has 0 aliphatic rings. The molecule has 0 aliphatic carbocycles. The minimum Gasteiger partial charge on any atom is -0.355 e. The quantitative estimate of drug-likeness (QED) is 0.422. The Bertz CT molecular complexity index is 481. The van der Waals surface area contributed by atoms with E-state index in [2.05, 4.69) is 20.7 Å². The van der Waals surface area contributed by atoms with Gasteiger partial charge in [0.05, 0.1) is 12.2 Å². The molecule has 0 spiro atoms. The third-order valence-electron chi connectivity index (χ3n) is 2.85. The van der Waals surface area contributed by atoms with E-state index in [1.807, 2.05) is 38.6 Å². The summed E-state index contributed by atoms with van der Waals surface area (Å²) in [6.07, 6.45) is 1.76. The normalized spacial score (nSPS) is 13.5. The van der Waals surface area contributed by atoms with Crippen LogP contribution >= 0.6 is 24.0 Å². The number of aromatic nitrogens is 2. The molecular weight excluding hydrogens is 401 g/mol. The van der Waals surface area contributed by atoms with E-state index in [0.717, 1.165) is 5.69 Å². The Labute approximate surface area is 146 Å². The summed E-state index contributed by atoms with van der Waals surface area (Å²) in [7, 11) is 2.77. The van der Waals surface area contributed by atoms with Crippen LogP contribution < -0.4 is 10.6 Å². The van der Waals surface area contributed by atoms with Crippen molar-refractivity contribution < 1.29 is 4.21 Å². The molecule has 0 aromatic carbocycles. The van der Waals surface area contributed by atoms with Crippen LogP contribution in [-0.2, 0) is 24.4 Å². The molecule has 8 heteroatoms. The highest BCUT2D eigenvalue weighted by Crippen LogP contribution is 2.10. The molecule has 1 rings (SSSR count). The first-order chi connectivity index (χ1) is 9.34. The minimum atomic E-state index is -0.852. The monoisotopic (exact) mass is 427 g/mol. The zero-order valence-corrected chi connectivity index (χ0v) is 16.5. The van der Waals surface area contributed by atoms with Crippen LogP contribution in [0.5, 0.6) is 0 Å². The van der Waals surface area contributed by atoms with Crippen molar-refractivity contribution in [2.45, 2.75) is 32.1 Å². The Morgan fingerprint density at radius 2 is 2.10 bits per heavy atom. The minimum absolute atomic E-state index is 0. The number of aryl methyl sites for hydroxylation is 1. The fourth-order valence-corrected chi connectivity index (χ4v) is 2.44. The van der Waals surface area contributed by atoms with E-state index in [1.54, 1.807) is 13.2 Å². The van der Waals surface area contributed by atoms with E-state index >= 15 is 0 Å². The van der Waals surface area contributed by atoms with Crippen LogP contribution in [0.3, 0.4) is 0 Å². The zero-order chi connectivity index (χ0) is 15.2. The van der Waals surface area contributed by atoms with Crippen LogP contribution in [0, 0.1) is 0 Å². The maximum Gasteiger partial charge on any atom is 0.191 e. The van der Waals surface area contributed by atoms with Crippen molar-refractivity contribution in [2.75, 3.05) is 19.3 Å². The predicted molar refractivity (Wildman–Crippen MR) is 99.6 cm³/mol. The smallest absolute Gasteiger partial charge is 0.191 e. The van der Waals surface area contributed by atoms with E-state index in [4.69, 9.17) is 0 Å². The van der Waals surface area contributed by atoms with Crippen molar-refractivity contribution in [3.63, 3.8) is 0 Å². The van der Waals surface area contributed by atoms with Gasteiger partial charge in [-0.2, -0.15) is 5.10 Å². The molecule has 21 heavy (non-hydrogen) atoms. The molecule has 1 atom stereocenters. The van der Waals surface area contributed by atoms with Crippen molar-refractivity contribution in [3.05, 3.63) is 18.0 Å². The van der Waals surface area contributed by atoms with Crippen LogP contribution in [-0.4, -0.2) is 44.0 Å². The van der Waals surface area contributed by atoms with Crippen molar-refractivity contribution in [1.29, 1.82) is 0 Å². The number of halogens is 1. The van der Waals surface area contributed by atoms with Gasteiger partial charge in [-0.25, -0.2) is 0 Å². The van der Waals surface area contributed by atoms with Gasteiger partial charge in [0, 0.05) is 48.1 Å². The van der Waals surface area contributed by atoms with Crippen LogP contribution in [0.4, 0.5) is 0 Å². The average molecular weight is 427 g/mol. The van der Waals surface area contributed by atoms with Gasteiger partial charge in [-0.15, -0.1) is 24.0 Å². The lowest BCUT2D eigenvalue weighted by molar-refractivity contribution is 0.646. The molecular formula is C13H26IN5OS. The SMILES string of the molecule is CN=C(NCCS(=O)C(C)(C)C)NCc1ccnn1C.I. The molecule has 0 amide bonds. The van der Waals surface area contributed by atoms with Crippen LogP contribution in [0.25, 0.3) is 0 Å². The maximum atomic E-state index is 11.9. The Kier molecular flexibility index (Phi) is 9.11. The number of nitrogens with one attached hydrogen (secondary N) is 2. The predicted octanol–water partition coefficient (Wildman–Crippen LogP) is 1.25. The number of hydrogen-bond acceptors (Lipinski definition) is 3. The summed E-state index contributed by atoms with van der Waals surface area (Å²) >= 11 is 0. The topological polar surface area (TPSA) is 71.3 Å². The molecule has 1 heterocycles. The standard InChI is InChI=1S/C13H25N5OS.HI/c1-13(2,3)20(19)9-8-15-12(14-4)16-10-11-6-7-17-18(11)5;/h6-7H,8-10H2,1-5H3,(H2,14,15,16);1H. The van der Waals surface area contributed by atoms with Gasteiger partial charge >= 0.3 is 0 Å². The maximum absolute atomic E-state index is 11.9. The van der Waals surface area contributed by atoms with E-state index in [9.17, 15) is 4.21 Å². The number of guanidine groups is 1. The summed E-state index contributed by atoms with van der Waals surface area (Å²) in [4.78, 5) is 4.14. The zero-order valence-electron chi connectivity index (χ0n) is 13.3. The van der Waals surface area contributed by atoms with Gasteiger partial charge in [0.2, 0.25) is 0 Å². The first-order valence-electron chi connectivity index (χ1n) is 6.64. The average Bonchev–Trinajstić information content (AvgIpc) is 2.77. The summed E-state index contributed by atoms with van der Waals surface area (Å²) < 4.78 is 13.6. The lowest BCUT2D eigenvalue weighted by Gasteiger charge is -2.18. The Morgan fingerprint density at radius 3 is 2.57 bits per heavy atom. The molecule has 0 saturated heterocycles. The first kappa shape index (κ1) is 20.4. The molecule has 1 aromatic heterocycles. The van der Waals surface area contributed by atoms with Gasteiger partial charge in [-0.05, 0) is 26.8 Å². The van der Waals surface area contributed by atoms with Crippen molar-refractivity contribution in [2.24, 2.45) is 12.0 Å². The summed E-state index contributed by atoms with van der Waals surface area (Å²) in [6.45, 7) is 7.24. The van der Waals surface area contributed by atoms with Crippen LogP contribution in [0.2, 0.25) is 0 Å². The summed E-state index contributed by atoms with van der Waals surface area (Å²) in [5.41, 5.74) is 1.08. The Morgan fingerprint density at radius 1 is 1.43 bits per heavy atom. The van der Waals surface area contributed by atoms with Gasteiger partial charge < -0.3 is 10.6 Å². The highest BCUT2D eigenvalue weighted by Gasteiger charge is 2.18. The number of nitrogens with zero attached hydrogens (tertiary/aromatic N) is 3. The molecule has 1 unspecified atom stereocenters.